The molecule has 0 spiro atoms. The van der Waals surface area contributed by atoms with Gasteiger partial charge in [-0.1, -0.05) is 60.3 Å². The Hall–Kier alpha value is -2.41. The normalized spacial score (nSPS) is 10.9. The molecule has 0 aliphatic carbocycles. The molecule has 0 fully saturated rings. The highest BCUT2D eigenvalue weighted by Crippen LogP contribution is 2.28. The van der Waals surface area contributed by atoms with Gasteiger partial charge in [0.2, 0.25) is 5.16 Å². The second-order valence-corrected chi connectivity index (χ2v) is 5.55. The summed E-state index contributed by atoms with van der Waals surface area (Å²) in [7, 11) is 0. The van der Waals surface area contributed by atoms with Gasteiger partial charge in [-0.05, 0) is 6.07 Å². The van der Waals surface area contributed by atoms with Crippen LogP contribution in [0.2, 0.25) is 0 Å². The third kappa shape index (κ3) is 4.07. The van der Waals surface area contributed by atoms with Crippen LogP contribution in [0.4, 0.5) is 8.78 Å². The number of aromatic nitrogens is 3. The van der Waals surface area contributed by atoms with Gasteiger partial charge < -0.3 is 4.74 Å². The number of thioether (sulfide) groups is 1. The number of nitrogens with zero attached hydrogens (tertiary/aromatic N) is 2. The van der Waals surface area contributed by atoms with Crippen LogP contribution in [0.25, 0.3) is 11.4 Å². The van der Waals surface area contributed by atoms with E-state index in [1.54, 1.807) is 18.2 Å². The lowest BCUT2D eigenvalue weighted by Gasteiger charge is -2.09. The van der Waals surface area contributed by atoms with Crippen LogP contribution in [0.1, 0.15) is 5.56 Å². The predicted octanol–water partition coefficient (Wildman–Crippen LogP) is 4.37. The second kappa shape index (κ2) is 7.23. The molecule has 3 rings (SSSR count). The van der Waals surface area contributed by atoms with Gasteiger partial charge in [0.1, 0.15) is 5.75 Å². The number of rotatable bonds is 6. The molecule has 4 nitrogen and oxygen atoms in total. The Bertz CT molecular complexity index is 765. The monoisotopic (exact) mass is 333 g/mol. The average molecular weight is 333 g/mol. The van der Waals surface area contributed by atoms with E-state index >= 15 is 0 Å². The average Bonchev–Trinajstić information content (AvgIpc) is 3.03. The molecule has 1 heterocycles. The number of ether oxygens (including phenoxy) is 1. The summed E-state index contributed by atoms with van der Waals surface area (Å²) >= 11 is 1.35. The summed E-state index contributed by atoms with van der Waals surface area (Å²) in [5.74, 6) is 1.29. The van der Waals surface area contributed by atoms with Crippen LogP contribution < -0.4 is 4.74 Å². The zero-order valence-electron chi connectivity index (χ0n) is 11.9. The highest BCUT2D eigenvalue weighted by atomic mass is 32.2. The molecule has 0 aliphatic heterocycles. The fourth-order valence-electron chi connectivity index (χ4n) is 2.01. The Balaban J connectivity index is 1.69. The van der Waals surface area contributed by atoms with E-state index in [0.717, 1.165) is 5.56 Å². The summed E-state index contributed by atoms with van der Waals surface area (Å²) in [4.78, 5) is 4.39. The third-order valence-electron chi connectivity index (χ3n) is 3.06. The SMILES string of the molecule is FC(F)Oc1ccccc1CSc1n[nH]c(-c2ccccc2)n1. The molecule has 0 amide bonds. The van der Waals surface area contributed by atoms with Gasteiger partial charge in [0.15, 0.2) is 5.82 Å². The number of alkyl halides is 2. The summed E-state index contributed by atoms with van der Waals surface area (Å²) in [5, 5.41) is 7.56. The van der Waals surface area contributed by atoms with Crippen molar-refractivity contribution in [2.45, 2.75) is 17.5 Å². The van der Waals surface area contributed by atoms with E-state index in [0.29, 0.717) is 22.3 Å². The predicted molar refractivity (Wildman–Crippen MR) is 84.5 cm³/mol. The van der Waals surface area contributed by atoms with Crippen molar-refractivity contribution in [2.75, 3.05) is 0 Å². The summed E-state index contributed by atoms with van der Waals surface area (Å²) in [5.41, 5.74) is 1.61. The third-order valence-corrected chi connectivity index (χ3v) is 3.95. The van der Waals surface area contributed by atoms with Crippen molar-refractivity contribution in [3.63, 3.8) is 0 Å². The molecule has 23 heavy (non-hydrogen) atoms. The largest absolute Gasteiger partial charge is 0.435 e. The van der Waals surface area contributed by atoms with E-state index in [9.17, 15) is 8.78 Å². The number of aromatic amines is 1. The van der Waals surface area contributed by atoms with Crippen molar-refractivity contribution in [1.29, 1.82) is 0 Å². The highest BCUT2D eigenvalue weighted by Gasteiger charge is 2.11. The second-order valence-electron chi connectivity index (χ2n) is 4.61. The van der Waals surface area contributed by atoms with E-state index in [1.165, 1.54) is 17.8 Å². The number of nitrogens with one attached hydrogen (secondary N) is 1. The minimum Gasteiger partial charge on any atom is -0.435 e. The first-order valence-corrected chi connectivity index (χ1v) is 7.84. The maximum Gasteiger partial charge on any atom is 0.387 e. The van der Waals surface area contributed by atoms with Crippen molar-refractivity contribution in [3.05, 3.63) is 60.2 Å². The zero-order valence-corrected chi connectivity index (χ0v) is 12.8. The van der Waals surface area contributed by atoms with E-state index in [4.69, 9.17) is 0 Å². The number of para-hydroxylation sites is 1. The maximum atomic E-state index is 12.4. The number of hydrogen-bond donors (Lipinski definition) is 1. The number of hydrogen-bond acceptors (Lipinski definition) is 4. The Kier molecular flexibility index (Phi) is 4.87. The summed E-state index contributed by atoms with van der Waals surface area (Å²) in [6.45, 7) is -2.84. The fourth-order valence-corrected chi connectivity index (χ4v) is 2.80. The maximum absolute atomic E-state index is 12.4. The van der Waals surface area contributed by atoms with Crippen LogP contribution in [-0.2, 0) is 5.75 Å². The molecule has 0 radical (unpaired) electrons. The first-order valence-electron chi connectivity index (χ1n) is 6.86. The van der Waals surface area contributed by atoms with Crippen LogP contribution in [0, 0.1) is 0 Å². The molecule has 7 heteroatoms. The molecule has 0 bridgehead atoms. The van der Waals surface area contributed by atoms with Crippen LogP contribution in [-0.4, -0.2) is 21.8 Å². The quantitative estimate of drug-likeness (QED) is 0.681. The Morgan fingerprint density at radius 3 is 2.57 bits per heavy atom. The van der Waals surface area contributed by atoms with Crippen molar-refractivity contribution < 1.29 is 13.5 Å². The lowest BCUT2D eigenvalue weighted by Crippen LogP contribution is -2.03. The van der Waals surface area contributed by atoms with Gasteiger partial charge in [-0.15, -0.1) is 5.10 Å². The van der Waals surface area contributed by atoms with Gasteiger partial charge in [0, 0.05) is 16.9 Å². The van der Waals surface area contributed by atoms with Gasteiger partial charge in [-0.3, -0.25) is 5.10 Å². The van der Waals surface area contributed by atoms with Crippen molar-refractivity contribution in [3.8, 4) is 17.1 Å². The summed E-state index contributed by atoms with van der Waals surface area (Å²) in [6.07, 6.45) is 0. The molecule has 0 atom stereocenters. The van der Waals surface area contributed by atoms with Crippen LogP contribution >= 0.6 is 11.8 Å². The molecule has 0 saturated heterocycles. The molecule has 1 aromatic heterocycles. The minimum absolute atomic E-state index is 0.175. The molecule has 3 aromatic rings. The summed E-state index contributed by atoms with van der Waals surface area (Å²) < 4.78 is 29.3. The number of benzene rings is 2. The molecule has 0 saturated carbocycles. The van der Waals surface area contributed by atoms with Gasteiger partial charge in [-0.25, -0.2) is 4.98 Å². The molecule has 118 valence electrons. The topological polar surface area (TPSA) is 50.8 Å². The number of H-pyrrole nitrogens is 1. The molecular weight excluding hydrogens is 320 g/mol. The standard InChI is InChI=1S/C16H13F2N3OS/c17-15(18)22-13-9-5-4-8-12(13)10-23-16-19-14(20-21-16)11-6-2-1-3-7-11/h1-9,15H,10H2,(H,19,20,21). The first-order chi connectivity index (χ1) is 11.2. The van der Waals surface area contributed by atoms with E-state index in [2.05, 4.69) is 19.9 Å². The van der Waals surface area contributed by atoms with Gasteiger partial charge in [0.05, 0.1) is 0 Å². The lowest BCUT2D eigenvalue weighted by molar-refractivity contribution is -0.0503. The molecule has 0 unspecified atom stereocenters. The van der Waals surface area contributed by atoms with Crippen molar-refractivity contribution >= 4 is 11.8 Å². The van der Waals surface area contributed by atoms with E-state index < -0.39 is 6.61 Å². The Morgan fingerprint density at radius 2 is 1.78 bits per heavy atom. The Labute approximate surface area is 135 Å². The smallest absolute Gasteiger partial charge is 0.387 e. The van der Waals surface area contributed by atoms with E-state index in [1.807, 2.05) is 30.3 Å². The Morgan fingerprint density at radius 1 is 1.04 bits per heavy atom. The molecule has 2 aromatic carbocycles. The zero-order chi connectivity index (χ0) is 16.1. The van der Waals surface area contributed by atoms with Gasteiger partial charge in [0.25, 0.3) is 0 Å². The van der Waals surface area contributed by atoms with Crippen LogP contribution in [0.15, 0.2) is 59.8 Å². The summed E-state index contributed by atoms with van der Waals surface area (Å²) in [6, 6.07) is 16.3. The lowest BCUT2D eigenvalue weighted by atomic mass is 10.2. The van der Waals surface area contributed by atoms with Crippen LogP contribution in [0.5, 0.6) is 5.75 Å². The molecule has 1 N–H and O–H groups in total. The minimum atomic E-state index is -2.84. The van der Waals surface area contributed by atoms with E-state index in [-0.39, 0.29) is 5.75 Å². The van der Waals surface area contributed by atoms with Crippen LogP contribution in [0.3, 0.4) is 0 Å². The van der Waals surface area contributed by atoms with Gasteiger partial charge in [-0.2, -0.15) is 8.78 Å². The van der Waals surface area contributed by atoms with Crippen molar-refractivity contribution in [1.82, 2.24) is 15.2 Å². The highest BCUT2D eigenvalue weighted by molar-refractivity contribution is 7.98. The number of halogens is 2. The van der Waals surface area contributed by atoms with Gasteiger partial charge >= 0.3 is 6.61 Å². The fraction of sp³-hybridized carbons (Fsp3) is 0.125. The molecular formula is C16H13F2N3OS. The van der Waals surface area contributed by atoms with Crippen molar-refractivity contribution in [2.24, 2.45) is 0 Å². The molecule has 0 aliphatic rings. The first kappa shape index (κ1) is 15.5.